The van der Waals surface area contributed by atoms with Crippen LogP contribution in [0.5, 0.6) is 0 Å². The molecule has 0 spiro atoms. The Morgan fingerprint density at radius 2 is 1.90 bits per heavy atom. The molecule has 0 radical (unpaired) electrons. The van der Waals surface area contributed by atoms with Gasteiger partial charge in [-0.3, -0.25) is 0 Å². The number of hydrogen-bond acceptors (Lipinski definition) is 5. The highest BCUT2D eigenvalue weighted by Gasteiger charge is 2.38. The number of methoxy groups -OCH3 is 1. The van der Waals surface area contributed by atoms with Crippen LogP contribution in [0.3, 0.4) is 0 Å². The summed E-state index contributed by atoms with van der Waals surface area (Å²) in [5.41, 5.74) is 3.10. The number of fused-ring (bicyclic) bond motifs is 3. The van der Waals surface area contributed by atoms with Gasteiger partial charge >= 0.3 is 0 Å². The zero-order valence-electron chi connectivity index (χ0n) is 16.9. The lowest BCUT2D eigenvalue weighted by Gasteiger charge is -2.34. The molecule has 2 heterocycles. The molecular weight excluding hydrogens is 402 g/mol. The first-order valence-electron chi connectivity index (χ1n) is 9.76. The fraction of sp³-hybridized carbons (Fsp3) is 0.304. The van der Waals surface area contributed by atoms with Gasteiger partial charge in [0.05, 0.1) is 36.8 Å². The summed E-state index contributed by atoms with van der Waals surface area (Å²) in [6.07, 6.45) is 3.74. The van der Waals surface area contributed by atoms with E-state index in [1.165, 1.54) is 17.3 Å². The Balaban J connectivity index is 1.92. The van der Waals surface area contributed by atoms with Crippen LogP contribution in [0.1, 0.15) is 22.7 Å². The zero-order chi connectivity index (χ0) is 21.3. The molecule has 0 aliphatic carbocycles. The van der Waals surface area contributed by atoms with E-state index in [4.69, 9.17) is 9.47 Å². The van der Waals surface area contributed by atoms with Gasteiger partial charge in [0.15, 0.2) is 0 Å². The number of hydrogen-bond donors (Lipinski definition) is 1. The average Bonchev–Trinajstić information content (AvgIpc) is 3.08. The van der Waals surface area contributed by atoms with Gasteiger partial charge in [0.25, 0.3) is 0 Å². The van der Waals surface area contributed by atoms with Gasteiger partial charge < -0.3 is 14.6 Å². The molecule has 0 saturated carbocycles. The van der Waals surface area contributed by atoms with Gasteiger partial charge in [0.2, 0.25) is 10.0 Å². The second-order valence-corrected chi connectivity index (χ2v) is 9.33. The molecule has 1 N–H and O–H groups in total. The summed E-state index contributed by atoms with van der Waals surface area (Å²) in [6.45, 7) is 0.221. The molecule has 2 aromatic carbocycles. The summed E-state index contributed by atoms with van der Waals surface area (Å²) >= 11 is 0. The van der Waals surface area contributed by atoms with Crippen LogP contribution in [0, 0.1) is 0 Å². The number of nitrogens with zero attached hydrogens (tertiary/aromatic N) is 1. The fourth-order valence-corrected chi connectivity index (χ4v) is 5.29. The third-order valence-electron chi connectivity index (χ3n) is 5.41. The highest BCUT2D eigenvalue weighted by atomic mass is 32.2. The molecule has 4 rings (SSSR count). The number of para-hydroxylation sites is 1. The van der Waals surface area contributed by atoms with Gasteiger partial charge in [-0.1, -0.05) is 60.7 Å². The zero-order valence-corrected chi connectivity index (χ0v) is 17.7. The van der Waals surface area contributed by atoms with Crippen LogP contribution in [0.25, 0.3) is 17.0 Å². The minimum absolute atomic E-state index is 0.0954. The van der Waals surface area contributed by atoms with Crippen molar-refractivity contribution in [1.82, 2.24) is 3.97 Å². The fourth-order valence-electron chi connectivity index (χ4n) is 4.22. The second kappa shape index (κ2) is 8.35. The maximum Gasteiger partial charge on any atom is 0.236 e. The van der Waals surface area contributed by atoms with Gasteiger partial charge in [-0.2, -0.15) is 0 Å². The average molecular weight is 428 g/mol. The van der Waals surface area contributed by atoms with Crippen LogP contribution >= 0.6 is 0 Å². The van der Waals surface area contributed by atoms with Crippen LogP contribution in [0.15, 0.2) is 60.7 Å². The number of aliphatic hydroxyl groups excluding tert-OH is 1. The van der Waals surface area contributed by atoms with Gasteiger partial charge in [-0.25, -0.2) is 12.4 Å². The molecule has 0 unspecified atom stereocenters. The first-order chi connectivity index (χ1) is 14.4. The predicted molar refractivity (Wildman–Crippen MR) is 117 cm³/mol. The summed E-state index contributed by atoms with van der Waals surface area (Å²) in [5.74, 6) is -0.341. The molecule has 7 heteroatoms. The molecule has 0 fully saturated rings. The highest BCUT2D eigenvalue weighted by molar-refractivity contribution is 7.89. The molecule has 1 aliphatic heterocycles. The monoisotopic (exact) mass is 427 g/mol. The first-order valence-corrected chi connectivity index (χ1v) is 11.6. The smallest absolute Gasteiger partial charge is 0.236 e. The van der Waals surface area contributed by atoms with E-state index in [0.717, 1.165) is 16.5 Å². The van der Waals surface area contributed by atoms with Crippen LogP contribution in [0.2, 0.25) is 0 Å². The largest absolute Gasteiger partial charge is 0.388 e. The SMILES string of the molecule is COC[C@@H](O)[C@H]1OCc2c(c3ccccc3n2S(C)(=O)=O)[C@@H]1/C=C/c1ccccc1. The lowest BCUT2D eigenvalue weighted by Crippen LogP contribution is -2.40. The van der Waals surface area contributed by atoms with E-state index < -0.39 is 22.2 Å². The van der Waals surface area contributed by atoms with Gasteiger partial charge in [-0.15, -0.1) is 0 Å². The van der Waals surface area contributed by atoms with E-state index in [1.54, 1.807) is 6.07 Å². The van der Waals surface area contributed by atoms with Gasteiger partial charge in [-0.05, 0) is 17.2 Å². The first kappa shape index (κ1) is 20.8. The Labute approximate surface area is 176 Å². The van der Waals surface area contributed by atoms with Crippen LogP contribution < -0.4 is 0 Å². The van der Waals surface area contributed by atoms with Crippen molar-refractivity contribution < 1.29 is 23.0 Å². The van der Waals surface area contributed by atoms with E-state index in [1.807, 2.05) is 60.7 Å². The van der Waals surface area contributed by atoms with Crippen molar-refractivity contribution in [3.63, 3.8) is 0 Å². The van der Waals surface area contributed by atoms with Gasteiger partial charge in [0.1, 0.15) is 6.10 Å². The van der Waals surface area contributed by atoms with Crippen LogP contribution in [0.4, 0.5) is 0 Å². The molecule has 3 aromatic rings. The molecule has 3 atom stereocenters. The lowest BCUT2D eigenvalue weighted by atomic mass is 9.85. The van der Waals surface area contributed by atoms with Crippen molar-refractivity contribution in [3.05, 3.63) is 77.5 Å². The maximum absolute atomic E-state index is 12.6. The third-order valence-corrected chi connectivity index (χ3v) is 6.49. The molecule has 0 amide bonds. The minimum atomic E-state index is -3.54. The van der Waals surface area contributed by atoms with E-state index in [2.05, 4.69) is 0 Å². The number of rotatable bonds is 6. The molecule has 0 bridgehead atoms. The molecule has 1 aliphatic rings. The Bertz CT molecular complexity index is 1170. The topological polar surface area (TPSA) is 77.8 Å². The minimum Gasteiger partial charge on any atom is -0.388 e. The van der Waals surface area contributed by atoms with Crippen molar-refractivity contribution in [3.8, 4) is 0 Å². The lowest BCUT2D eigenvalue weighted by molar-refractivity contribution is -0.0851. The summed E-state index contributed by atoms with van der Waals surface area (Å²) < 4.78 is 37.7. The van der Waals surface area contributed by atoms with E-state index >= 15 is 0 Å². The van der Waals surface area contributed by atoms with Crippen molar-refractivity contribution in [2.45, 2.75) is 24.7 Å². The quantitative estimate of drug-likeness (QED) is 0.654. The van der Waals surface area contributed by atoms with Crippen LogP contribution in [-0.4, -0.2) is 49.7 Å². The Hall–Kier alpha value is -2.45. The third kappa shape index (κ3) is 3.81. The van der Waals surface area contributed by atoms with Crippen molar-refractivity contribution >= 4 is 27.0 Å². The standard InChI is InChI=1S/C23H25NO5S/c1-28-15-21(25)23-18(13-12-16-8-4-3-5-9-16)22-17-10-6-7-11-19(17)24(30(2,26)27)20(22)14-29-23/h3-13,18,21,23,25H,14-15H2,1-2H3/b13-12+/t18-,21+,23-/m0/s1. The number of aliphatic hydroxyl groups is 1. The molecule has 0 saturated heterocycles. The number of ether oxygens (including phenoxy) is 2. The Morgan fingerprint density at radius 3 is 2.60 bits per heavy atom. The summed E-state index contributed by atoms with van der Waals surface area (Å²) in [4.78, 5) is 0. The maximum atomic E-state index is 12.6. The second-order valence-electron chi connectivity index (χ2n) is 7.50. The van der Waals surface area contributed by atoms with Crippen molar-refractivity contribution in [2.24, 2.45) is 0 Å². The van der Waals surface area contributed by atoms with Crippen molar-refractivity contribution in [2.75, 3.05) is 20.0 Å². The summed E-state index contributed by atoms with van der Waals surface area (Å²) in [6, 6.07) is 17.3. The summed E-state index contributed by atoms with van der Waals surface area (Å²) in [7, 11) is -2.01. The highest BCUT2D eigenvalue weighted by Crippen LogP contribution is 2.41. The number of benzene rings is 2. The molecule has 6 nitrogen and oxygen atoms in total. The molecule has 158 valence electrons. The molecule has 30 heavy (non-hydrogen) atoms. The Morgan fingerprint density at radius 1 is 1.20 bits per heavy atom. The van der Waals surface area contributed by atoms with E-state index in [-0.39, 0.29) is 19.1 Å². The van der Waals surface area contributed by atoms with Crippen LogP contribution in [-0.2, 0) is 26.1 Å². The van der Waals surface area contributed by atoms with E-state index in [9.17, 15) is 13.5 Å². The summed E-state index contributed by atoms with van der Waals surface area (Å²) in [5, 5.41) is 11.5. The predicted octanol–water partition coefficient (Wildman–Crippen LogP) is 3.15. The van der Waals surface area contributed by atoms with Gasteiger partial charge in [0, 0.05) is 18.4 Å². The normalized spacial score (nSPS) is 20.5. The van der Waals surface area contributed by atoms with E-state index in [0.29, 0.717) is 11.2 Å². The van der Waals surface area contributed by atoms with Crippen molar-refractivity contribution in [1.29, 1.82) is 0 Å². The molecule has 1 aromatic heterocycles. The molecular formula is C23H25NO5S. The number of aromatic nitrogens is 1. The Kier molecular flexibility index (Phi) is 5.79.